The Balaban J connectivity index is 2.77. The number of amides is 1. The zero-order valence-corrected chi connectivity index (χ0v) is 9.27. The lowest BCUT2D eigenvalue weighted by molar-refractivity contribution is -0.186. The lowest BCUT2D eigenvalue weighted by Gasteiger charge is -2.23. The number of rotatable bonds is 2. The summed E-state index contributed by atoms with van der Waals surface area (Å²) in [7, 11) is 0. The highest BCUT2D eigenvalue weighted by Crippen LogP contribution is 2.26. The van der Waals surface area contributed by atoms with E-state index in [0.29, 0.717) is 17.7 Å². The number of hydrogen-bond donors (Lipinski definition) is 0. The van der Waals surface area contributed by atoms with E-state index in [-0.39, 0.29) is 17.7 Å². The van der Waals surface area contributed by atoms with Crippen LogP contribution in [0, 0.1) is 0 Å². The van der Waals surface area contributed by atoms with Crippen LogP contribution in [-0.4, -0.2) is 40.7 Å². The van der Waals surface area contributed by atoms with Gasteiger partial charge in [0.05, 0.1) is 11.4 Å². The van der Waals surface area contributed by atoms with Crippen molar-refractivity contribution in [3.05, 3.63) is 0 Å². The van der Waals surface area contributed by atoms with E-state index >= 15 is 0 Å². The Morgan fingerprint density at radius 2 is 2.00 bits per heavy atom. The van der Waals surface area contributed by atoms with Crippen LogP contribution in [0.25, 0.3) is 0 Å². The second-order valence-electron chi connectivity index (χ2n) is 3.25. The highest BCUT2D eigenvalue weighted by atomic mass is 79.9. The van der Waals surface area contributed by atoms with Crippen LogP contribution >= 0.6 is 15.9 Å². The quantitative estimate of drug-likeness (QED) is 0.722. The zero-order valence-electron chi connectivity index (χ0n) is 7.68. The molecular formula is C8H9BrF3NO2. The number of carbonyl (C=O) groups excluding carboxylic acids is 2. The third-order valence-corrected chi connectivity index (χ3v) is 2.81. The van der Waals surface area contributed by atoms with Crippen LogP contribution in [0.1, 0.15) is 12.8 Å². The van der Waals surface area contributed by atoms with Gasteiger partial charge in [0.2, 0.25) is 0 Å². The summed E-state index contributed by atoms with van der Waals surface area (Å²) >= 11 is 2.88. The first kappa shape index (κ1) is 12.5. The Hall–Kier alpha value is -0.590. The second-order valence-corrected chi connectivity index (χ2v) is 3.82. The van der Waals surface area contributed by atoms with Crippen LogP contribution in [0.4, 0.5) is 13.2 Å². The zero-order chi connectivity index (χ0) is 11.6. The molecule has 0 aromatic carbocycles. The van der Waals surface area contributed by atoms with Crippen LogP contribution in [0.15, 0.2) is 0 Å². The Bertz CT molecular complexity index is 280. The molecule has 0 bridgehead atoms. The highest BCUT2D eigenvalue weighted by Gasteiger charge is 2.47. The molecule has 86 valence electrons. The molecule has 0 aromatic heterocycles. The molecule has 0 aliphatic carbocycles. The Morgan fingerprint density at radius 3 is 2.47 bits per heavy atom. The van der Waals surface area contributed by atoms with Crippen LogP contribution in [-0.2, 0) is 9.59 Å². The van der Waals surface area contributed by atoms with E-state index in [4.69, 9.17) is 0 Å². The normalized spacial score (nSPS) is 21.9. The average molecular weight is 288 g/mol. The molecule has 1 atom stereocenters. The Kier molecular flexibility index (Phi) is 3.75. The van der Waals surface area contributed by atoms with Gasteiger partial charge in [-0.2, -0.15) is 13.2 Å². The van der Waals surface area contributed by atoms with Crippen molar-refractivity contribution in [1.29, 1.82) is 0 Å². The Morgan fingerprint density at radius 1 is 1.40 bits per heavy atom. The summed E-state index contributed by atoms with van der Waals surface area (Å²) in [5.41, 5.74) is 0. The van der Waals surface area contributed by atoms with Gasteiger partial charge >= 0.3 is 12.1 Å². The molecule has 0 N–H and O–H groups in total. The second kappa shape index (κ2) is 4.51. The van der Waals surface area contributed by atoms with Gasteiger partial charge in [0.25, 0.3) is 0 Å². The third-order valence-electron chi connectivity index (χ3n) is 2.26. The largest absolute Gasteiger partial charge is 0.471 e. The molecule has 0 saturated carbocycles. The van der Waals surface area contributed by atoms with Crippen LogP contribution < -0.4 is 0 Å². The number of carbonyl (C=O) groups is 2. The lowest BCUT2D eigenvalue weighted by Crippen LogP contribution is -2.47. The molecule has 1 fully saturated rings. The molecule has 0 aromatic rings. The summed E-state index contributed by atoms with van der Waals surface area (Å²) in [5.74, 6) is -2.30. The predicted octanol–water partition coefficient (Wildman–Crippen LogP) is 1.50. The van der Waals surface area contributed by atoms with E-state index in [1.807, 2.05) is 0 Å². The van der Waals surface area contributed by atoms with Gasteiger partial charge in [-0.05, 0) is 12.8 Å². The van der Waals surface area contributed by atoms with Gasteiger partial charge in [-0.3, -0.25) is 9.59 Å². The molecule has 1 heterocycles. The van der Waals surface area contributed by atoms with E-state index in [1.54, 1.807) is 0 Å². The maximum absolute atomic E-state index is 12.1. The molecule has 7 heteroatoms. The van der Waals surface area contributed by atoms with Gasteiger partial charge in [-0.15, -0.1) is 0 Å². The monoisotopic (exact) mass is 287 g/mol. The number of alkyl halides is 4. The summed E-state index contributed by atoms with van der Waals surface area (Å²) in [5, 5.41) is -0.0285. The first-order valence-corrected chi connectivity index (χ1v) is 5.46. The topological polar surface area (TPSA) is 37.4 Å². The minimum absolute atomic E-state index is 0.00174. The van der Waals surface area contributed by atoms with Crippen molar-refractivity contribution in [3.8, 4) is 0 Å². The van der Waals surface area contributed by atoms with Crippen molar-refractivity contribution in [2.24, 2.45) is 0 Å². The summed E-state index contributed by atoms with van der Waals surface area (Å²) in [4.78, 5) is 22.8. The van der Waals surface area contributed by atoms with Crippen molar-refractivity contribution >= 4 is 27.6 Å². The summed E-state index contributed by atoms with van der Waals surface area (Å²) < 4.78 is 36.4. The number of hydrogen-bond acceptors (Lipinski definition) is 2. The van der Waals surface area contributed by atoms with Crippen molar-refractivity contribution in [1.82, 2.24) is 4.90 Å². The minimum atomic E-state index is -4.89. The molecule has 3 nitrogen and oxygen atoms in total. The molecule has 0 spiro atoms. The van der Waals surface area contributed by atoms with Crippen molar-refractivity contribution in [2.45, 2.75) is 25.1 Å². The summed E-state index contributed by atoms with van der Waals surface area (Å²) in [6, 6.07) is -0.918. The lowest BCUT2D eigenvalue weighted by atomic mass is 10.1. The van der Waals surface area contributed by atoms with Gasteiger partial charge in [-0.25, -0.2) is 0 Å². The molecular weight excluding hydrogens is 279 g/mol. The molecule has 1 aliphatic heterocycles. The number of ketones is 1. The van der Waals surface area contributed by atoms with Gasteiger partial charge in [0.15, 0.2) is 5.78 Å². The summed E-state index contributed by atoms with van der Waals surface area (Å²) in [6.45, 7) is 0.00174. The van der Waals surface area contributed by atoms with Gasteiger partial charge < -0.3 is 4.90 Å². The van der Waals surface area contributed by atoms with E-state index in [2.05, 4.69) is 15.9 Å². The molecule has 1 rings (SSSR count). The van der Waals surface area contributed by atoms with Crippen molar-refractivity contribution in [3.63, 3.8) is 0 Å². The van der Waals surface area contributed by atoms with E-state index in [0.717, 1.165) is 0 Å². The molecule has 0 unspecified atom stereocenters. The van der Waals surface area contributed by atoms with Crippen molar-refractivity contribution < 1.29 is 22.8 Å². The number of nitrogens with zero attached hydrogens (tertiary/aromatic N) is 1. The predicted molar refractivity (Wildman–Crippen MR) is 49.6 cm³/mol. The maximum atomic E-state index is 12.1. The minimum Gasteiger partial charge on any atom is -0.325 e. The molecule has 1 aliphatic rings. The third kappa shape index (κ3) is 2.70. The van der Waals surface area contributed by atoms with Gasteiger partial charge in [-0.1, -0.05) is 15.9 Å². The average Bonchev–Trinajstić information content (AvgIpc) is 2.62. The smallest absolute Gasteiger partial charge is 0.325 e. The molecule has 0 radical (unpaired) electrons. The number of likely N-dealkylation sites (tertiary alicyclic amines) is 1. The van der Waals surface area contributed by atoms with Gasteiger partial charge in [0.1, 0.15) is 0 Å². The fourth-order valence-electron chi connectivity index (χ4n) is 1.60. The Labute approximate surface area is 92.7 Å². The standard InChI is InChI=1S/C8H9BrF3NO2/c9-4-6(14)5-2-1-3-13(5)7(15)8(10,11)12/h5H,1-4H2/t5-/m0/s1. The van der Waals surface area contributed by atoms with Crippen molar-refractivity contribution in [2.75, 3.05) is 11.9 Å². The van der Waals surface area contributed by atoms with Crippen LogP contribution in [0.5, 0.6) is 0 Å². The number of Topliss-reactive ketones (excluding diaryl/α,β-unsaturated/α-hetero) is 1. The van der Waals surface area contributed by atoms with E-state index < -0.39 is 18.1 Å². The highest BCUT2D eigenvalue weighted by molar-refractivity contribution is 9.09. The molecule has 1 amide bonds. The van der Waals surface area contributed by atoms with Gasteiger partial charge in [0, 0.05) is 6.54 Å². The van der Waals surface area contributed by atoms with Crippen LogP contribution in [0.3, 0.4) is 0 Å². The maximum Gasteiger partial charge on any atom is 0.471 e. The fourth-order valence-corrected chi connectivity index (χ4v) is 1.97. The first-order chi connectivity index (χ1) is 6.88. The molecule has 1 saturated heterocycles. The van der Waals surface area contributed by atoms with Crippen LogP contribution in [0.2, 0.25) is 0 Å². The number of halogens is 4. The summed E-state index contributed by atoms with van der Waals surface area (Å²) in [6.07, 6.45) is -4.15. The fraction of sp³-hybridized carbons (Fsp3) is 0.750. The first-order valence-electron chi connectivity index (χ1n) is 4.34. The van der Waals surface area contributed by atoms with E-state index in [1.165, 1.54) is 0 Å². The SMILES string of the molecule is O=C(CBr)[C@@H]1CCCN1C(=O)C(F)(F)F. The van der Waals surface area contributed by atoms with E-state index in [9.17, 15) is 22.8 Å². The molecule has 15 heavy (non-hydrogen) atoms.